The first kappa shape index (κ1) is 12.2. The lowest BCUT2D eigenvalue weighted by atomic mass is 9.95. The van der Waals surface area contributed by atoms with Crippen LogP contribution in [0.3, 0.4) is 0 Å². The van der Waals surface area contributed by atoms with E-state index in [0.717, 1.165) is 25.3 Å². The van der Waals surface area contributed by atoms with Gasteiger partial charge in [0.25, 0.3) is 0 Å². The average Bonchev–Trinajstić information content (AvgIpc) is 3.06. The van der Waals surface area contributed by atoms with Gasteiger partial charge in [0.05, 0.1) is 7.11 Å². The standard InChI is InChI=1S/C12H21NO2/c1-4-5-8-12(2,11(14)15-3)13-9-10-6-7-10/h4,10,13H,1,5-9H2,2-3H3. The summed E-state index contributed by atoms with van der Waals surface area (Å²) in [5, 5.41) is 3.32. The van der Waals surface area contributed by atoms with Crippen LogP contribution in [0.4, 0.5) is 0 Å². The lowest BCUT2D eigenvalue weighted by molar-refractivity contribution is -0.148. The number of hydrogen-bond acceptors (Lipinski definition) is 3. The highest BCUT2D eigenvalue weighted by Crippen LogP contribution is 2.29. The first-order valence-electron chi connectivity index (χ1n) is 5.56. The second-order valence-corrected chi connectivity index (χ2v) is 4.48. The summed E-state index contributed by atoms with van der Waals surface area (Å²) < 4.78 is 4.83. The molecule has 1 rings (SSSR count). The van der Waals surface area contributed by atoms with E-state index in [1.165, 1.54) is 20.0 Å². The molecule has 0 saturated heterocycles. The average molecular weight is 211 g/mol. The van der Waals surface area contributed by atoms with Crippen LogP contribution in [0.2, 0.25) is 0 Å². The van der Waals surface area contributed by atoms with Crippen molar-refractivity contribution in [3.05, 3.63) is 12.7 Å². The highest BCUT2D eigenvalue weighted by molar-refractivity contribution is 5.80. The molecule has 0 radical (unpaired) electrons. The molecule has 0 bridgehead atoms. The Bertz CT molecular complexity index is 236. The maximum absolute atomic E-state index is 11.7. The summed E-state index contributed by atoms with van der Waals surface area (Å²) in [6, 6.07) is 0. The van der Waals surface area contributed by atoms with Gasteiger partial charge in [0.1, 0.15) is 5.54 Å². The van der Waals surface area contributed by atoms with Crippen molar-refractivity contribution in [2.45, 2.75) is 38.1 Å². The van der Waals surface area contributed by atoms with Gasteiger partial charge in [0.15, 0.2) is 0 Å². The molecule has 1 atom stereocenters. The number of esters is 1. The lowest BCUT2D eigenvalue weighted by Gasteiger charge is -2.27. The molecule has 0 aromatic rings. The second-order valence-electron chi connectivity index (χ2n) is 4.48. The smallest absolute Gasteiger partial charge is 0.325 e. The van der Waals surface area contributed by atoms with Gasteiger partial charge >= 0.3 is 5.97 Å². The van der Waals surface area contributed by atoms with E-state index in [9.17, 15) is 4.79 Å². The van der Waals surface area contributed by atoms with Crippen molar-refractivity contribution >= 4 is 5.97 Å². The molecule has 0 heterocycles. The zero-order valence-electron chi connectivity index (χ0n) is 9.71. The van der Waals surface area contributed by atoms with E-state index < -0.39 is 5.54 Å². The fraction of sp³-hybridized carbons (Fsp3) is 0.750. The van der Waals surface area contributed by atoms with Crippen LogP contribution in [0.5, 0.6) is 0 Å². The van der Waals surface area contributed by atoms with Crippen molar-refractivity contribution in [3.8, 4) is 0 Å². The van der Waals surface area contributed by atoms with Gasteiger partial charge in [-0.25, -0.2) is 0 Å². The van der Waals surface area contributed by atoms with Gasteiger partial charge in [-0.3, -0.25) is 4.79 Å². The van der Waals surface area contributed by atoms with E-state index in [-0.39, 0.29) is 5.97 Å². The Morgan fingerprint density at radius 3 is 2.80 bits per heavy atom. The highest BCUT2D eigenvalue weighted by atomic mass is 16.5. The summed E-state index contributed by atoms with van der Waals surface area (Å²) in [7, 11) is 1.44. The SMILES string of the molecule is C=CCCC(C)(NCC1CC1)C(=O)OC. The van der Waals surface area contributed by atoms with Gasteiger partial charge in [-0.1, -0.05) is 6.08 Å². The van der Waals surface area contributed by atoms with Crippen molar-refractivity contribution in [2.24, 2.45) is 5.92 Å². The molecule has 1 fully saturated rings. The van der Waals surface area contributed by atoms with Crippen molar-refractivity contribution in [1.29, 1.82) is 0 Å². The number of methoxy groups -OCH3 is 1. The molecular formula is C12H21NO2. The van der Waals surface area contributed by atoms with Crippen molar-refractivity contribution < 1.29 is 9.53 Å². The number of carbonyl (C=O) groups excluding carboxylic acids is 1. The van der Waals surface area contributed by atoms with Crippen LogP contribution in [0.25, 0.3) is 0 Å². The van der Waals surface area contributed by atoms with Crippen LogP contribution in [-0.2, 0) is 9.53 Å². The van der Waals surface area contributed by atoms with Gasteiger partial charge < -0.3 is 10.1 Å². The van der Waals surface area contributed by atoms with Crippen LogP contribution < -0.4 is 5.32 Å². The lowest BCUT2D eigenvalue weighted by Crippen LogP contribution is -2.50. The maximum Gasteiger partial charge on any atom is 0.325 e. The Morgan fingerprint density at radius 1 is 1.67 bits per heavy atom. The minimum Gasteiger partial charge on any atom is -0.468 e. The molecule has 0 aromatic heterocycles. The maximum atomic E-state index is 11.7. The Labute approximate surface area is 91.9 Å². The quantitative estimate of drug-likeness (QED) is 0.516. The topological polar surface area (TPSA) is 38.3 Å². The summed E-state index contributed by atoms with van der Waals surface area (Å²) in [5.41, 5.74) is -0.550. The summed E-state index contributed by atoms with van der Waals surface area (Å²) in [6.45, 7) is 6.50. The minimum absolute atomic E-state index is 0.176. The number of hydrogen-bond donors (Lipinski definition) is 1. The molecule has 1 saturated carbocycles. The summed E-state index contributed by atoms with van der Waals surface area (Å²) >= 11 is 0. The van der Waals surface area contributed by atoms with E-state index in [1.807, 2.05) is 13.0 Å². The Kier molecular flexibility index (Phi) is 4.33. The molecule has 3 nitrogen and oxygen atoms in total. The van der Waals surface area contributed by atoms with Crippen LogP contribution in [0.15, 0.2) is 12.7 Å². The molecule has 86 valence electrons. The van der Waals surface area contributed by atoms with Crippen LogP contribution >= 0.6 is 0 Å². The molecular weight excluding hydrogens is 190 g/mol. The zero-order valence-corrected chi connectivity index (χ0v) is 9.71. The number of ether oxygens (including phenoxy) is 1. The van der Waals surface area contributed by atoms with Gasteiger partial charge in [0, 0.05) is 0 Å². The summed E-state index contributed by atoms with van der Waals surface area (Å²) in [5.74, 6) is 0.586. The molecule has 1 N–H and O–H groups in total. The molecule has 15 heavy (non-hydrogen) atoms. The third-order valence-electron chi connectivity index (χ3n) is 2.96. The summed E-state index contributed by atoms with van der Waals surface area (Å²) in [4.78, 5) is 11.7. The van der Waals surface area contributed by atoms with E-state index in [2.05, 4.69) is 11.9 Å². The van der Waals surface area contributed by atoms with Crippen molar-refractivity contribution in [3.63, 3.8) is 0 Å². The monoisotopic (exact) mass is 211 g/mol. The van der Waals surface area contributed by atoms with Gasteiger partial charge in [-0.2, -0.15) is 0 Å². The predicted molar refractivity (Wildman–Crippen MR) is 60.6 cm³/mol. The molecule has 1 unspecified atom stereocenters. The van der Waals surface area contributed by atoms with E-state index >= 15 is 0 Å². The Balaban J connectivity index is 2.47. The van der Waals surface area contributed by atoms with Crippen LogP contribution in [-0.4, -0.2) is 25.2 Å². The predicted octanol–water partition coefficient (Wildman–Crippen LogP) is 1.88. The Hall–Kier alpha value is -0.830. The number of rotatable bonds is 7. The number of allylic oxidation sites excluding steroid dienone is 1. The van der Waals surface area contributed by atoms with E-state index in [1.54, 1.807) is 0 Å². The molecule has 0 aromatic carbocycles. The largest absolute Gasteiger partial charge is 0.468 e. The first-order chi connectivity index (χ1) is 7.12. The highest BCUT2D eigenvalue weighted by Gasteiger charge is 2.35. The van der Waals surface area contributed by atoms with Crippen LogP contribution in [0.1, 0.15) is 32.6 Å². The minimum atomic E-state index is -0.550. The molecule has 3 heteroatoms. The zero-order chi connectivity index (χ0) is 11.3. The fourth-order valence-corrected chi connectivity index (χ4v) is 1.57. The van der Waals surface area contributed by atoms with Crippen molar-refractivity contribution in [2.75, 3.05) is 13.7 Å². The second kappa shape index (κ2) is 5.31. The Morgan fingerprint density at radius 2 is 2.33 bits per heavy atom. The molecule has 0 amide bonds. The molecule has 0 aliphatic heterocycles. The van der Waals surface area contributed by atoms with Gasteiger partial charge in [-0.15, -0.1) is 6.58 Å². The van der Waals surface area contributed by atoms with Gasteiger partial charge in [-0.05, 0) is 45.1 Å². The fourth-order valence-electron chi connectivity index (χ4n) is 1.57. The number of nitrogens with one attached hydrogen (secondary N) is 1. The first-order valence-corrected chi connectivity index (χ1v) is 5.56. The van der Waals surface area contributed by atoms with Crippen LogP contribution in [0, 0.1) is 5.92 Å². The van der Waals surface area contributed by atoms with Crippen molar-refractivity contribution in [1.82, 2.24) is 5.32 Å². The molecule has 1 aliphatic rings. The van der Waals surface area contributed by atoms with E-state index in [4.69, 9.17) is 4.74 Å². The van der Waals surface area contributed by atoms with Gasteiger partial charge in [0.2, 0.25) is 0 Å². The molecule has 1 aliphatic carbocycles. The molecule has 0 spiro atoms. The third-order valence-corrected chi connectivity index (χ3v) is 2.96. The summed E-state index contributed by atoms with van der Waals surface area (Å²) in [6.07, 6.45) is 5.97. The number of carbonyl (C=O) groups is 1. The normalized spacial score (nSPS) is 19.3. The van der Waals surface area contributed by atoms with E-state index in [0.29, 0.717) is 0 Å². The third kappa shape index (κ3) is 3.67.